The molecular weight excluding hydrogens is 240 g/mol. The molecule has 0 saturated carbocycles. The smallest absolute Gasteiger partial charge is 0.332 e. The van der Waals surface area contributed by atoms with E-state index in [1.807, 2.05) is 0 Å². The fourth-order valence-electron chi connectivity index (χ4n) is 1.84. The minimum Gasteiger partial charge on any atom is -0.479 e. The summed E-state index contributed by atoms with van der Waals surface area (Å²) in [6, 6.07) is 0. The summed E-state index contributed by atoms with van der Waals surface area (Å²) in [5.41, 5.74) is 0.517. The molecule has 2 N–H and O–H groups in total. The number of nitrogens with one attached hydrogen (secondary N) is 1. The van der Waals surface area contributed by atoms with Crippen LogP contribution in [-0.4, -0.2) is 40.7 Å². The van der Waals surface area contributed by atoms with E-state index in [2.05, 4.69) is 10.3 Å². The third-order valence-electron chi connectivity index (χ3n) is 2.83. The van der Waals surface area contributed by atoms with Gasteiger partial charge in [0.2, 0.25) is 5.76 Å². The van der Waals surface area contributed by atoms with Crippen molar-refractivity contribution in [3.63, 3.8) is 0 Å². The second-order valence-electron chi connectivity index (χ2n) is 4.14. The summed E-state index contributed by atoms with van der Waals surface area (Å²) in [7, 11) is 0. The highest BCUT2D eigenvalue weighted by molar-refractivity contribution is 5.92. The molecule has 7 nitrogen and oxygen atoms in total. The number of hydrogen-bond acceptors (Lipinski definition) is 5. The number of oxazole rings is 1. The van der Waals surface area contributed by atoms with Gasteiger partial charge in [0.05, 0.1) is 11.8 Å². The van der Waals surface area contributed by atoms with E-state index in [0.717, 1.165) is 0 Å². The Morgan fingerprint density at radius 1 is 1.56 bits per heavy atom. The summed E-state index contributed by atoms with van der Waals surface area (Å²) < 4.78 is 10.2. The first kappa shape index (κ1) is 12.6. The highest BCUT2D eigenvalue weighted by atomic mass is 16.5. The molecule has 1 saturated heterocycles. The molecule has 2 atom stereocenters. The van der Waals surface area contributed by atoms with Gasteiger partial charge < -0.3 is 19.6 Å². The second-order valence-corrected chi connectivity index (χ2v) is 4.14. The van der Waals surface area contributed by atoms with Crippen molar-refractivity contribution >= 4 is 11.9 Å². The fraction of sp³-hybridized carbons (Fsp3) is 0.545. The molecule has 0 bridgehead atoms. The van der Waals surface area contributed by atoms with E-state index < -0.39 is 12.1 Å². The molecule has 1 amide bonds. The first-order valence-electron chi connectivity index (χ1n) is 5.64. The quantitative estimate of drug-likeness (QED) is 0.803. The number of aromatic nitrogens is 1. The van der Waals surface area contributed by atoms with Crippen LogP contribution in [0.5, 0.6) is 0 Å². The normalized spacial score (nSPS) is 22.9. The van der Waals surface area contributed by atoms with Crippen LogP contribution in [0.4, 0.5) is 0 Å². The van der Waals surface area contributed by atoms with Gasteiger partial charge in [0.15, 0.2) is 12.5 Å². The van der Waals surface area contributed by atoms with Crippen LogP contribution in [0.1, 0.15) is 29.1 Å². The Kier molecular flexibility index (Phi) is 3.61. The van der Waals surface area contributed by atoms with Crippen LogP contribution in [-0.2, 0) is 9.53 Å². The maximum atomic E-state index is 11.7. The van der Waals surface area contributed by atoms with Crippen molar-refractivity contribution in [3.8, 4) is 0 Å². The Balaban J connectivity index is 1.81. The SMILES string of the molecule is Cc1ncoc1C(=O)NCC1CCC(C(=O)O)O1. The predicted octanol–water partition coefficient (Wildman–Crippen LogP) is 0.345. The van der Waals surface area contributed by atoms with Crippen LogP contribution >= 0.6 is 0 Å². The Morgan fingerprint density at radius 3 is 2.89 bits per heavy atom. The third kappa shape index (κ3) is 2.67. The van der Waals surface area contributed by atoms with Gasteiger partial charge in [-0.15, -0.1) is 0 Å². The van der Waals surface area contributed by atoms with Gasteiger partial charge in [0, 0.05) is 6.54 Å². The zero-order valence-electron chi connectivity index (χ0n) is 9.88. The molecule has 18 heavy (non-hydrogen) atoms. The van der Waals surface area contributed by atoms with Gasteiger partial charge in [-0.2, -0.15) is 0 Å². The molecule has 98 valence electrons. The third-order valence-corrected chi connectivity index (χ3v) is 2.83. The van der Waals surface area contributed by atoms with Gasteiger partial charge in [-0.25, -0.2) is 9.78 Å². The largest absolute Gasteiger partial charge is 0.479 e. The maximum absolute atomic E-state index is 11.7. The number of carboxylic acid groups (broad SMARTS) is 1. The standard InChI is InChI=1S/C11H14N2O5/c1-6-9(17-5-13-6)10(14)12-4-7-2-3-8(18-7)11(15)16/h5,7-8H,2-4H2,1H3,(H,12,14)(H,15,16). The lowest BCUT2D eigenvalue weighted by Gasteiger charge is -2.11. The van der Waals surface area contributed by atoms with Gasteiger partial charge in [0.25, 0.3) is 5.91 Å². The summed E-state index contributed by atoms with van der Waals surface area (Å²) in [6.45, 7) is 1.94. The fourth-order valence-corrected chi connectivity index (χ4v) is 1.84. The van der Waals surface area contributed by atoms with Crippen LogP contribution in [0.3, 0.4) is 0 Å². The van der Waals surface area contributed by atoms with Crippen molar-refractivity contribution in [3.05, 3.63) is 17.8 Å². The molecule has 7 heteroatoms. The van der Waals surface area contributed by atoms with Gasteiger partial charge in [-0.1, -0.05) is 0 Å². The van der Waals surface area contributed by atoms with E-state index >= 15 is 0 Å². The van der Waals surface area contributed by atoms with Gasteiger partial charge >= 0.3 is 5.97 Å². The van der Waals surface area contributed by atoms with E-state index in [1.165, 1.54) is 6.39 Å². The summed E-state index contributed by atoms with van der Waals surface area (Å²) in [6.07, 6.45) is 1.26. The number of carbonyl (C=O) groups is 2. The van der Waals surface area contributed by atoms with Crippen molar-refractivity contribution in [2.24, 2.45) is 0 Å². The Hall–Kier alpha value is -1.89. The molecule has 0 radical (unpaired) electrons. The number of aryl methyl sites for hydroxylation is 1. The van der Waals surface area contributed by atoms with E-state index in [1.54, 1.807) is 6.92 Å². The minimum absolute atomic E-state index is 0.169. The van der Waals surface area contributed by atoms with Crippen LogP contribution in [0, 0.1) is 6.92 Å². The second kappa shape index (κ2) is 5.18. The van der Waals surface area contributed by atoms with Crippen molar-refractivity contribution in [1.82, 2.24) is 10.3 Å². The molecule has 1 aliphatic rings. The zero-order chi connectivity index (χ0) is 13.1. The van der Waals surface area contributed by atoms with Crippen molar-refractivity contribution in [2.75, 3.05) is 6.54 Å². The molecule has 1 fully saturated rings. The van der Waals surface area contributed by atoms with E-state index in [4.69, 9.17) is 14.3 Å². The molecule has 2 unspecified atom stereocenters. The average Bonchev–Trinajstić information content (AvgIpc) is 2.94. The first-order chi connectivity index (χ1) is 8.58. The molecule has 2 rings (SSSR count). The highest BCUT2D eigenvalue weighted by Crippen LogP contribution is 2.19. The van der Waals surface area contributed by atoms with Crippen molar-refractivity contribution in [1.29, 1.82) is 0 Å². The lowest BCUT2D eigenvalue weighted by atomic mass is 10.2. The number of amides is 1. The molecule has 2 heterocycles. The predicted molar refractivity (Wildman–Crippen MR) is 59.1 cm³/mol. The number of carbonyl (C=O) groups excluding carboxylic acids is 1. The minimum atomic E-state index is -0.963. The monoisotopic (exact) mass is 254 g/mol. The topological polar surface area (TPSA) is 102 Å². The number of nitrogens with zero attached hydrogens (tertiary/aromatic N) is 1. The summed E-state index contributed by atoms with van der Waals surface area (Å²) in [5, 5.41) is 11.4. The number of rotatable bonds is 4. The highest BCUT2D eigenvalue weighted by Gasteiger charge is 2.30. The van der Waals surface area contributed by atoms with Gasteiger partial charge in [-0.3, -0.25) is 4.79 Å². The Labute approximate surface area is 103 Å². The molecule has 1 aromatic rings. The molecule has 1 aliphatic heterocycles. The number of ether oxygens (including phenoxy) is 1. The number of hydrogen-bond donors (Lipinski definition) is 2. The molecule has 1 aromatic heterocycles. The van der Waals surface area contributed by atoms with E-state index in [-0.39, 0.29) is 24.3 Å². The number of carboxylic acids is 1. The molecule has 0 spiro atoms. The van der Waals surface area contributed by atoms with Gasteiger partial charge in [0.1, 0.15) is 0 Å². The van der Waals surface area contributed by atoms with Crippen LogP contribution < -0.4 is 5.32 Å². The van der Waals surface area contributed by atoms with Crippen LogP contribution in [0.25, 0.3) is 0 Å². The summed E-state index contributed by atoms with van der Waals surface area (Å²) in [5.74, 6) is -1.16. The summed E-state index contributed by atoms with van der Waals surface area (Å²) >= 11 is 0. The average molecular weight is 254 g/mol. The lowest BCUT2D eigenvalue weighted by Crippen LogP contribution is -2.33. The molecule has 0 aromatic carbocycles. The van der Waals surface area contributed by atoms with Crippen LogP contribution in [0.15, 0.2) is 10.8 Å². The Morgan fingerprint density at radius 2 is 2.33 bits per heavy atom. The maximum Gasteiger partial charge on any atom is 0.332 e. The van der Waals surface area contributed by atoms with E-state index in [0.29, 0.717) is 18.5 Å². The van der Waals surface area contributed by atoms with Gasteiger partial charge in [-0.05, 0) is 19.8 Å². The summed E-state index contributed by atoms with van der Waals surface area (Å²) in [4.78, 5) is 26.2. The first-order valence-corrected chi connectivity index (χ1v) is 5.64. The Bertz CT molecular complexity index is 456. The van der Waals surface area contributed by atoms with Crippen molar-refractivity contribution < 1.29 is 23.8 Å². The molecule has 0 aliphatic carbocycles. The zero-order valence-corrected chi connectivity index (χ0v) is 9.88. The van der Waals surface area contributed by atoms with Crippen molar-refractivity contribution in [2.45, 2.75) is 32.0 Å². The molecular formula is C11H14N2O5. The van der Waals surface area contributed by atoms with Crippen LogP contribution in [0.2, 0.25) is 0 Å². The number of aliphatic carboxylic acids is 1. The van der Waals surface area contributed by atoms with E-state index in [9.17, 15) is 9.59 Å². The lowest BCUT2D eigenvalue weighted by molar-refractivity contribution is -0.149.